The highest BCUT2D eigenvalue weighted by Crippen LogP contribution is 2.35. The molecule has 2 aromatic carbocycles. The normalized spacial score (nSPS) is 13.9. The van der Waals surface area contributed by atoms with Gasteiger partial charge in [-0.05, 0) is 60.3 Å². The van der Waals surface area contributed by atoms with Crippen LogP contribution in [0.4, 0.5) is 17.6 Å². The highest BCUT2D eigenvalue weighted by Gasteiger charge is 2.43. The lowest BCUT2D eigenvalue weighted by molar-refractivity contribution is -0.161. The van der Waals surface area contributed by atoms with E-state index in [1.54, 1.807) is 12.1 Å². The van der Waals surface area contributed by atoms with E-state index in [1.165, 1.54) is 50.2 Å². The second-order valence-corrected chi connectivity index (χ2v) is 11.3. The average molecular weight is 591 g/mol. The second kappa shape index (κ2) is 12.2. The van der Waals surface area contributed by atoms with Gasteiger partial charge in [0.1, 0.15) is 11.7 Å². The molecule has 0 saturated carbocycles. The molecular weight excluding hydrogens is 564 g/mol. The Morgan fingerprint density at radius 1 is 1.00 bits per heavy atom. The van der Waals surface area contributed by atoms with Gasteiger partial charge >= 0.3 is 6.18 Å². The summed E-state index contributed by atoms with van der Waals surface area (Å²) in [5, 5.41) is 4.80. The summed E-state index contributed by atoms with van der Waals surface area (Å²) < 4.78 is 79.4. The molecule has 11 heteroatoms. The van der Waals surface area contributed by atoms with Crippen LogP contribution in [0.25, 0.3) is 11.1 Å². The molecule has 5 nitrogen and oxygen atoms in total. The molecule has 0 saturated heterocycles. The molecule has 0 aliphatic heterocycles. The van der Waals surface area contributed by atoms with Crippen LogP contribution in [0.1, 0.15) is 38.3 Å². The minimum atomic E-state index is -4.74. The molecule has 0 radical (unpaired) electrons. The molecule has 0 bridgehead atoms. The van der Waals surface area contributed by atoms with Gasteiger partial charge < -0.3 is 5.32 Å². The highest BCUT2D eigenvalue weighted by molar-refractivity contribution is 9.12. The van der Waals surface area contributed by atoms with Crippen molar-refractivity contribution in [3.05, 3.63) is 54.1 Å². The maximum Gasteiger partial charge on any atom is 0.407 e. The van der Waals surface area contributed by atoms with E-state index in [1.807, 2.05) is 0 Å². The Morgan fingerprint density at radius 2 is 1.53 bits per heavy atom. The first-order chi connectivity index (χ1) is 16.6. The molecule has 0 spiro atoms. The van der Waals surface area contributed by atoms with Gasteiger partial charge in [-0.2, -0.15) is 13.2 Å². The Bertz CT molecular complexity index is 1200. The van der Waals surface area contributed by atoms with Gasteiger partial charge in [0, 0.05) is 22.2 Å². The van der Waals surface area contributed by atoms with Crippen LogP contribution in [0.5, 0.6) is 0 Å². The SMILES string of the molecule is CC(C)(F)CC[C@H](N[C@@H](c1ccc(-c2ccc(S(C)(=O)=O)cc2)cc1)C(F)(F)F)C(=O)NCC#CBr. The fourth-order valence-corrected chi connectivity index (χ4v) is 4.18. The predicted octanol–water partition coefficient (Wildman–Crippen LogP) is 5.32. The van der Waals surface area contributed by atoms with Gasteiger partial charge in [-0.3, -0.25) is 10.1 Å². The largest absolute Gasteiger partial charge is 0.407 e. The van der Waals surface area contributed by atoms with Crippen LogP contribution in [0.2, 0.25) is 0 Å². The molecule has 2 N–H and O–H groups in total. The number of carbonyl (C=O) groups excluding carboxylic acids is 1. The summed E-state index contributed by atoms with van der Waals surface area (Å²) in [4.78, 5) is 15.1. The standard InChI is InChI=1S/C25H27BrF4N2O3S/c1-24(2,27)14-13-21(23(33)31-16-4-15-26)32-22(25(28,29)30)19-7-5-17(6-8-19)18-9-11-20(12-10-18)36(3,34)35/h5-12,21-22,32H,13-14,16H2,1-3H3,(H,31,33)/t21-,22-/m0/s1. The van der Waals surface area contributed by atoms with Gasteiger partial charge in [-0.1, -0.05) is 42.3 Å². The summed E-state index contributed by atoms with van der Waals surface area (Å²) in [5.41, 5.74) is -0.586. The van der Waals surface area contributed by atoms with Crippen LogP contribution in [-0.2, 0) is 14.6 Å². The molecule has 36 heavy (non-hydrogen) atoms. The van der Waals surface area contributed by atoms with Crippen molar-refractivity contribution in [1.29, 1.82) is 0 Å². The van der Waals surface area contributed by atoms with E-state index < -0.39 is 39.7 Å². The number of rotatable bonds is 10. The topological polar surface area (TPSA) is 75.3 Å². The van der Waals surface area contributed by atoms with Crippen molar-refractivity contribution in [2.45, 2.75) is 55.5 Å². The third kappa shape index (κ3) is 9.22. The average Bonchev–Trinajstić information content (AvgIpc) is 2.77. The lowest BCUT2D eigenvalue weighted by atomic mass is 9.97. The zero-order valence-corrected chi connectivity index (χ0v) is 22.3. The monoisotopic (exact) mass is 590 g/mol. The summed E-state index contributed by atoms with van der Waals surface area (Å²) in [6.45, 7) is 2.51. The Hall–Kier alpha value is -2.42. The fourth-order valence-electron chi connectivity index (χ4n) is 3.41. The van der Waals surface area contributed by atoms with Crippen LogP contribution in [0.15, 0.2) is 53.4 Å². The first-order valence-corrected chi connectivity index (χ1v) is 13.6. The molecular formula is C25H27BrF4N2O3S. The molecule has 2 atom stereocenters. The third-order valence-electron chi connectivity index (χ3n) is 5.32. The third-order valence-corrected chi connectivity index (χ3v) is 6.73. The van der Waals surface area contributed by atoms with Gasteiger partial charge in [0.15, 0.2) is 9.84 Å². The van der Waals surface area contributed by atoms with E-state index in [9.17, 15) is 30.8 Å². The Morgan fingerprint density at radius 3 is 1.97 bits per heavy atom. The Balaban J connectivity index is 2.31. The zero-order valence-electron chi connectivity index (χ0n) is 19.9. The van der Waals surface area contributed by atoms with Gasteiger partial charge in [-0.25, -0.2) is 12.8 Å². The van der Waals surface area contributed by atoms with E-state index in [0.717, 1.165) is 6.26 Å². The summed E-state index contributed by atoms with van der Waals surface area (Å²) >= 11 is 2.87. The molecule has 0 aliphatic carbocycles. The quantitative estimate of drug-likeness (QED) is 0.290. The lowest BCUT2D eigenvalue weighted by Crippen LogP contribution is -2.49. The summed E-state index contributed by atoms with van der Waals surface area (Å²) in [6, 6.07) is 8.03. The van der Waals surface area contributed by atoms with E-state index in [4.69, 9.17) is 0 Å². The van der Waals surface area contributed by atoms with Crippen molar-refractivity contribution < 1.29 is 30.8 Å². The minimum absolute atomic E-state index is 0.0786. The van der Waals surface area contributed by atoms with E-state index >= 15 is 0 Å². The molecule has 196 valence electrons. The van der Waals surface area contributed by atoms with Crippen molar-refractivity contribution in [1.82, 2.24) is 10.6 Å². The smallest absolute Gasteiger partial charge is 0.344 e. The number of carbonyl (C=O) groups is 1. The van der Waals surface area contributed by atoms with Crippen molar-refractivity contribution >= 4 is 31.7 Å². The van der Waals surface area contributed by atoms with E-state index in [-0.39, 0.29) is 29.8 Å². The van der Waals surface area contributed by atoms with Gasteiger partial charge in [0.05, 0.1) is 17.5 Å². The Kier molecular flexibility index (Phi) is 10.1. The summed E-state index contributed by atoms with van der Waals surface area (Å²) in [5.74, 6) is 1.82. The van der Waals surface area contributed by atoms with Gasteiger partial charge in [0.25, 0.3) is 0 Å². The molecule has 2 rings (SSSR count). The number of benzene rings is 2. The first-order valence-electron chi connectivity index (χ1n) is 10.9. The van der Waals surface area contributed by atoms with E-state index in [2.05, 4.69) is 37.3 Å². The Labute approximate surface area is 217 Å². The van der Waals surface area contributed by atoms with Crippen molar-refractivity contribution in [3.8, 4) is 21.9 Å². The number of amides is 1. The van der Waals surface area contributed by atoms with Crippen LogP contribution >= 0.6 is 15.9 Å². The van der Waals surface area contributed by atoms with E-state index in [0.29, 0.717) is 11.1 Å². The van der Waals surface area contributed by atoms with Gasteiger partial charge in [0.2, 0.25) is 5.91 Å². The van der Waals surface area contributed by atoms with Crippen molar-refractivity contribution in [2.75, 3.05) is 12.8 Å². The lowest BCUT2D eigenvalue weighted by Gasteiger charge is -2.28. The summed E-state index contributed by atoms with van der Waals surface area (Å²) in [7, 11) is -3.38. The van der Waals surface area contributed by atoms with Crippen molar-refractivity contribution in [2.24, 2.45) is 0 Å². The first kappa shape index (κ1) is 29.8. The minimum Gasteiger partial charge on any atom is -0.344 e. The van der Waals surface area contributed by atoms with Gasteiger partial charge in [-0.15, -0.1) is 0 Å². The molecule has 0 fully saturated rings. The van der Waals surface area contributed by atoms with Crippen LogP contribution in [0.3, 0.4) is 0 Å². The maximum absolute atomic E-state index is 14.1. The molecule has 2 aromatic rings. The zero-order chi connectivity index (χ0) is 27.1. The molecule has 0 unspecified atom stereocenters. The second-order valence-electron chi connectivity index (χ2n) is 8.86. The molecule has 1 amide bonds. The number of halogens is 5. The van der Waals surface area contributed by atoms with Crippen LogP contribution in [-0.4, -0.2) is 45.0 Å². The number of sulfone groups is 1. The maximum atomic E-state index is 14.1. The van der Waals surface area contributed by atoms with Crippen LogP contribution in [0, 0.1) is 10.8 Å². The molecule has 0 aliphatic rings. The highest BCUT2D eigenvalue weighted by atomic mass is 79.9. The van der Waals surface area contributed by atoms with Crippen LogP contribution < -0.4 is 10.6 Å². The molecule has 0 aromatic heterocycles. The predicted molar refractivity (Wildman–Crippen MR) is 135 cm³/mol. The summed E-state index contributed by atoms with van der Waals surface area (Å²) in [6.07, 6.45) is -3.94. The number of hydrogen-bond acceptors (Lipinski definition) is 4. The van der Waals surface area contributed by atoms with Crippen molar-refractivity contribution in [3.63, 3.8) is 0 Å². The molecule has 0 heterocycles. The number of alkyl halides is 4. The number of hydrogen-bond donors (Lipinski definition) is 2. The fraction of sp³-hybridized carbons (Fsp3) is 0.400. The number of nitrogens with one attached hydrogen (secondary N) is 2.